The third kappa shape index (κ3) is 5.51. The van der Waals surface area contributed by atoms with Gasteiger partial charge >= 0.3 is 0 Å². The highest BCUT2D eigenvalue weighted by Crippen LogP contribution is 2.24. The van der Waals surface area contributed by atoms with Crippen LogP contribution in [0.15, 0.2) is 64.4 Å². The van der Waals surface area contributed by atoms with Crippen LogP contribution in [0.5, 0.6) is 0 Å². The Hall–Kier alpha value is -2.27. The van der Waals surface area contributed by atoms with E-state index in [-0.39, 0.29) is 28.8 Å². The lowest BCUT2D eigenvalue weighted by molar-refractivity contribution is -0.126. The highest BCUT2D eigenvalue weighted by Gasteiger charge is 2.33. The first-order valence-corrected chi connectivity index (χ1v) is 14.6. The van der Waals surface area contributed by atoms with Gasteiger partial charge < -0.3 is 5.32 Å². The van der Waals surface area contributed by atoms with Crippen molar-refractivity contribution in [1.82, 2.24) is 13.9 Å². The van der Waals surface area contributed by atoms with Crippen LogP contribution >= 0.6 is 0 Å². The Morgan fingerprint density at radius 3 is 2.03 bits per heavy atom. The van der Waals surface area contributed by atoms with E-state index in [2.05, 4.69) is 5.32 Å². The molecule has 0 unspecified atom stereocenters. The predicted molar refractivity (Wildman–Crippen MR) is 129 cm³/mol. The topological polar surface area (TPSA) is 104 Å². The molecule has 2 heterocycles. The number of benzene rings is 2. The van der Waals surface area contributed by atoms with E-state index in [1.807, 2.05) is 0 Å². The summed E-state index contributed by atoms with van der Waals surface area (Å²) in [5.74, 6) is -0.621. The molecule has 2 aromatic rings. The van der Waals surface area contributed by atoms with Crippen molar-refractivity contribution in [2.75, 3.05) is 26.2 Å². The van der Waals surface area contributed by atoms with Crippen molar-refractivity contribution in [2.24, 2.45) is 5.92 Å². The lowest BCUT2D eigenvalue weighted by Crippen LogP contribution is -2.45. The van der Waals surface area contributed by atoms with Crippen LogP contribution in [-0.2, 0) is 31.4 Å². The van der Waals surface area contributed by atoms with Crippen molar-refractivity contribution in [3.63, 3.8) is 0 Å². The van der Waals surface area contributed by atoms with Crippen molar-refractivity contribution >= 4 is 26.0 Å². The van der Waals surface area contributed by atoms with Crippen molar-refractivity contribution in [3.8, 4) is 0 Å². The molecule has 34 heavy (non-hydrogen) atoms. The molecule has 2 fully saturated rings. The molecule has 0 saturated carbocycles. The maximum Gasteiger partial charge on any atom is 0.243 e. The van der Waals surface area contributed by atoms with Gasteiger partial charge in [-0.05, 0) is 55.5 Å². The predicted octanol–water partition coefficient (Wildman–Crippen LogP) is 2.58. The second kappa shape index (κ2) is 10.6. The summed E-state index contributed by atoms with van der Waals surface area (Å²) in [5.41, 5.74) is 0.788. The fraction of sp³-hybridized carbons (Fsp3) is 0.458. The van der Waals surface area contributed by atoms with Gasteiger partial charge in [-0.25, -0.2) is 16.8 Å². The number of sulfonamides is 2. The van der Waals surface area contributed by atoms with Gasteiger partial charge in [0.05, 0.1) is 15.7 Å². The quantitative estimate of drug-likeness (QED) is 0.623. The maximum absolute atomic E-state index is 12.9. The average Bonchev–Trinajstić information content (AvgIpc) is 2.88. The summed E-state index contributed by atoms with van der Waals surface area (Å²) in [5, 5.41) is 2.88. The number of nitrogens with zero attached hydrogens (tertiary/aromatic N) is 2. The van der Waals surface area contributed by atoms with Gasteiger partial charge in [-0.3, -0.25) is 4.79 Å². The van der Waals surface area contributed by atoms with E-state index in [1.165, 1.54) is 8.61 Å². The SMILES string of the molecule is O=C(NCc1ccc(S(=O)(=O)N2CCCCC2)cc1)[C@@H]1CCCN(S(=O)(=O)c2ccccc2)C1. The number of rotatable bonds is 7. The molecule has 1 N–H and O–H groups in total. The molecule has 2 aliphatic rings. The Morgan fingerprint density at radius 2 is 1.35 bits per heavy atom. The number of amides is 1. The maximum atomic E-state index is 12.9. The highest BCUT2D eigenvalue weighted by atomic mass is 32.2. The van der Waals surface area contributed by atoms with E-state index >= 15 is 0 Å². The standard InChI is InChI=1S/C24H31N3O5S2/c28-24(21-8-7-17-27(19-21)34(31,32)22-9-3-1-4-10-22)25-18-20-11-13-23(14-12-20)33(29,30)26-15-5-2-6-16-26/h1,3-4,9-14,21H,2,5-8,15-19H2,(H,25,28)/t21-/m1/s1. The Balaban J connectivity index is 1.34. The van der Waals surface area contributed by atoms with Crippen molar-refractivity contribution < 1.29 is 21.6 Å². The molecule has 2 aromatic carbocycles. The Labute approximate surface area is 202 Å². The lowest BCUT2D eigenvalue weighted by atomic mass is 9.99. The van der Waals surface area contributed by atoms with Crippen LogP contribution < -0.4 is 5.32 Å². The summed E-state index contributed by atoms with van der Waals surface area (Å²) in [7, 11) is -7.12. The minimum absolute atomic E-state index is 0.149. The molecule has 8 nitrogen and oxygen atoms in total. The van der Waals surface area contributed by atoms with E-state index in [0.717, 1.165) is 24.8 Å². The summed E-state index contributed by atoms with van der Waals surface area (Å²) >= 11 is 0. The fourth-order valence-corrected chi connectivity index (χ4v) is 7.55. The molecule has 1 atom stereocenters. The second-order valence-corrected chi connectivity index (χ2v) is 12.7. The molecule has 0 aliphatic carbocycles. The Morgan fingerprint density at radius 1 is 0.765 bits per heavy atom. The Bertz CT molecular complexity index is 1190. The largest absolute Gasteiger partial charge is 0.352 e. The summed E-state index contributed by atoms with van der Waals surface area (Å²) in [6.45, 7) is 1.91. The van der Waals surface area contributed by atoms with Gasteiger partial charge in [0.25, 0.3) is 0 Å². The van der Waals surface area contributed by atoms with Crippen LogP contribution in [0.25, 0.3) is 0 Å². The molecule has 10 heteroatoms. The van der Waals surface area contributed by atoms with Gasteiger partial charge in [-0.15, -0.1) is 0 Å². The number of hydrogen-bond donors (Lipinski definition) is 1. The first kappa shape index (κ1) is 24.8. The third-order valence-electron chi connectivity index (χ3n) is 6.48. The van der Waals surface area contributed by atoms with E-state index in [4.69, 9.17) is 0 Å². The van der Waals surface area contributed by atoms with Crippen LogP contribution in [-0.4, -0.2) is 57.5 Å². The number of carbonyl (C=O) groups is 1. The van der Waals surface area contributed by atoms with Crippen LogP contribution in [0, 0.1) is 5.92 Å². The van der Waals surface area contributed by atoms with Gasteiger partial charge in [0.2, 0.25) is 26.0 Å². The molecule has 4 rings (SSSR count). The van der Waals surface area contributed by atoms with Gasteiger partial charge in [-0.1, -0.05) is 36.8 Å². The van der Waals surface area contributed by atoms with Crippen LogP contribution in [0.4, 0.5) is 0 Å². The molecule has 0 spiro atoms. The van der Waals surface area contributed by atoms with Crippen LogP contribution in [0.2, 0.25) is 0 Å². The molecule has 184 valence electrons. The van der Waals surface area contributed by atoms with E-state index in [0.29, 0.717) is 32.5 Å². The summed E-state index contributed by atoms with van der Waals surface area (Å²) in [4.78, 5) is 13.3. The summed E-state index contributed by atoms with van der Waals surface area (Å²) in [6, 6.07) is 14.9. The highest BCUT2D eigenvalue weighted by molar-refractivity contribution is 7.89. The number of carbonyl (C=O) groups excluding carboxylic acids is 1. The first-order chi connectivity index (χ1) is 16.3. The number of hydrogen-bond acceptors (Lipinski definition) is 5. The van der Waals surface area contributed by atoms with Gasteiger partial charge in [0.1, 0.15) is 0 Å². The summed E-state index contributed by atoms with van der Waals surface area (Å²) < 4.78 is 54.3. The first-order valence-electron chi connectivity index (χ1n) is 11.7. The molecule has 0 radical (unpaired) electrons. The van der Waals surface area contributed by atoms with Crippen LogP contribution in [0.1, 0.15) is 37.7 Å². The van der Waals surface area contributed by atoms with E-state index < -0.39 is 26.0 Å². The van der Waals surface area contributed by atoms with Crippen molar-refractivity contribution in [2.45, 2.75) is 48.4 Å². The lowest BCUT2D eigenvalue weighted by Gasteiger charge is -2.31. The molecular formula is C24H31N3O5S2. The zero-order chi connectivity index (χ0) is 24.2. The minimum atomic E-state index is -3.63. The van der Waals surface area contributed by atoms with E-state index in [1.54, 1.807) is 54.6 Å². The Kier molecular flexibility index (Phi) is 7.71. The molecule has 0 bridgehead atoms. The number of nitrogens with one attached hydrogen (secondary N) is 1. The zero-order valence-electron chi connectivity index (χ0n) is 19.1. The molecule has 2 saturated heterocycles. The molecule has 0 aromatic heterocycles. The van der Waals surface area contributed by atoms with Gasteiger partial charge in [0.15, 0.2) is 0 Å². The average molecular weight is 506 g/mol. The van der Waals surface area contributed by atoms with Gasteiger partial charge in [0, 0.05) is 32.7 Å². The smallest absolute Gasteiger partial charge is 0.243 e. The third-order valence-corrected chi connectivity index (χ3v) is 10.3. The molecular weight excluding hydrogens is 474 g/mol. The normalized spacial score (nSPS) is 20.6. The van der Waals surface area contributed by atoms with E-state index in [9.17, 15) is 21.6 Å². The summed E-state index contributed by atoms with van der Waals surface area (Å²) in [6.07, 6.45) is 4.07. The molecule has 1 amide bonds. The zero-order valence-corrected chi connectivity index (χ0v) is 20.7. The van der Waals surface area contributed by atoms with Crippen molar-refractivity contribution in [1.29, 1.82) is 0 Å². The van der Waals surface area contributed by atoms with Crippen molar-refractivity contribution in [3.05, 3.63) is 60.2 Å². The minimum Gasteiger partial charge on any atom is -0.352 e. The number of piperidine rings is 2. The van der Waals surface area contributed by atoms with Gasteiger partial charge in [-0.2, -0.15) is 8.61 Å². The second-order valence-electron chi connectivity index (χ2n) is 8.84. The fourth-order valence-electron chi connectivity index (χ4n) is 4.48. The van der Waals surface area contributed by atoms with Crippen LogP contribution in [0.3, 0.4) is 0 Å². The molecule has 2 aliphatic heterocycles. The monoisotopic (exact) mass is 505 g/mol.